The molecule has 0 amide bonds. The Kier molecular flexibility index (Phi) is 2.75. The SMILES string of the molecule is CCOC(=O)n1c(N)c(Cl)c2ccccc21. The van der Waals surface area contributed by atoms with Crippen molar-refractivity contribution in [3.05, 3.63) is 29.3 Å². The molecule has 0 spiro atoms. The zero-order valence-electron chi connectivity index (χ0n) is 8.74. The van der Waals surface area contributed by atoms with Gasteiger partial charge in [-0.15, -0.1) is 0 Å². The van der Waals surface area contributed by atoms with Crippen molar-refractivity contribution in [3.63, 3.8) is 0 Å². The highest BCUT2D eigenvalue weighted by molar-refractivity contribution is 6.38. The Balaban J connectivity index is 2.68. The lowest BCUT2D eigenvalue weighted by atomic mass is 10.2. The standard InChI is InChI=1S/C11H11ClN2O2/c1-2-16-11(15)14-8-6-4-3-5-7(8)9(12)10(14)13/h3-6H,2,13H2,1H3. The Morgan fingerprint density at radius 1 is 1.50 bits per heavy atom. The monoisotopic (exact) mass is 238 g/mol. The average molecular weight is 239 g/mol. The van der Waals surface area contributed by atoms with Crippen molar-refractivity contribution >= 4 is 34.4 Å². The van der Waals surface area contributed by atoms with Gasteiger partial charge >= 0.3 is 6.09 Å². The molecule has 0 radical (unpaired) electrons. The minimum atomic E-state index is -0.511. The highest BCUT2D eigenvalue weighted by Crippen LogP contribution is 2.32. The van der Waals surface area contributed by atoms with E-state index in [-0.39, 0.29) is 5.82 Å². The first-order chi connectivity index (χ1) is 7.66. The van der Waals surface area contributed by atoms with E-state index in [1.54, 1.807) is 13.0 Å². The van der Waals surface area contributed by atoms with Crippen LogP contribution in [0.15, 0.2) is 24.3 Å². The number of nitrogens with two attached hydrogens (primary N) is 1. The van der Waals surface area contributed by atoms with Crippen LogP contribution in [0.4, 0.5) is 10.6 Å². The maximum Gasteiger partial charge on any atom is 0.420 e. The molecule has 5 heteroatoms. The number of aromatic nitrogens is 1. The van der Waals surface area contributed by atoms with E-state index >= 15 is 0 Å². The van der Waals surface area contributed by atoms with E-state index in [1.807, 2.05) is 18.2 Å². The fraction of sp³-hybridized carbons (Fsp3) is 0.182. The normalized spacial score (nSPS) is 10.6. The van der Waals surface area contributed by atoms with Gasteiger partial charge in [0.25, 0.3) is 0 Å². The Morgan fingerprint density at radius 3 is 2.88 bits per heavy atom. The molecule has 0 fully saturated rings. The Labute approximate surface area is 97.5 Å². The van der Waals surface area contributed by atoms with Crippen molar-refractivity contribution in [2.24, 2.45) is 0 Å². The van der Waals surface area contributed by atoms with Crippen molar-refractivity contribution in [2.75, 3.05) is 12.3 Å². The molecule has 0 atom stereocenters. The first-order valence-electron chi connectivity index (χ1n) is 4.88. The third kappa shape index (κ3) is 1.51. The van der Waals surface area contributed by atoms with Crippen LogP contribution in [0, 0.1) is 0 Å². The summed E-state index contributed by atoms with van der Waals surface area (Å²) in [6.45, 7) is 2.03. The third-order valence-corrected chi connectivity index (χ3v) is 2.69. The molecule has 0 saturated carbocycles. The molecule has 1 aromatic carbocycles. The average Bonchev–Trinajstić information content (AvgIpc) is 2.53. The molecular weight excluding hydrogens is 228 g/mol. The summed E-state index contributed by atoms with van der Waals surface area (Å²) in [7, 11) is 0. The Bertz CT molecular complexity index is 548. The summed E-state index contributed by atoms with van der Waals surface area (Å²) >= 11 is 6.04. The smallest absolute Gasteiger partial charge is 0.420 e. The van der Waals surface area contributed by atoms with Gasteiger partial charge in [0.15, 0.2) is 0 Å². The van der Waals surface area contributed by atoms with Gasteiger partial charge in [-0.3, -0.25) is 0 Å². The van der Waals surface area contributed by atoms with E-state index in [1.165, 1.54) is 4.57 Å². The van der Waals surface area contributed by atoms with Crippen LogP contribution >= 0.6 is 11.6 Å². The second-order valence-corrected chi connectivity index (χ2v) is 3.63. The van der Waals surface area contributed by atoms with Crippen LogP contribution in [0.2, 0.25) is 5.02 Å². The fourth-order valence-electron chi connectivity index (χ4n) is 1.60. The van der Waals surface area contributed by atoms with E-state index in [9.17, 15) is 4.79 Å². The van der Waals surface area contributed by atoms with Crippen molar-refractivity contribution in [1.82, 2.24) is 4.57 Å². The number of carbonyl (C=O) groups excluding carboxylic acids is 1. The molecule has 0 aliphatic carbocycles. The zero-order valence-corrected chi connectivity index (χ0v) is 9.49. The number of benzene rings is 1. The molecule has 0 bridgehead atoms. The molecule has 2 N–H and O–H groups in total. The number of carbonyl (C=O) groups is 1. The predicted molar refractivity (Wildman–Crippen MR) is 63.8 cm³/mol. The van der Waals surface area contributed by atoms with Crippen LogP contribution in [-0.2, 0) is 4.74 Å². The van der Waals surface area contributed by atoms with E-state index in [4.69, 9.17) is 22.1 Å². The molecule has 2 aromatic rings. The highest BCUT2D eigenvalue weighted by Gasteiger charge is 2.18. The summed E-state index contributed by atoms with van der Waals surface area (Å²) in [5.74, 6) is 0.210. The van der Waals surface area contributed by atoms with Gasteiger partial charge in [-0.25, -0.2) is 9.36 Å². The van der Waals surface area contributed by atoms with Gasteiger partial charge < -0.3 is 10.5 Å². The van der Waals surface area contributed by atoms with Gasteiger partial charge in [-0.1, -0.05) is 29.8 Å². The Morgan fingerprint density at radius 2 is 2.19 bits per heavy atom. The molecule has 1 heterocycles. The van der Waals surface area contributed by atoms with E-state index in [2.05, 4.69) is 0 Å². The fourth-order valence-corrected chi connectivity index (χ4v) is 1.85. The second kappa shape index (κ2) is 4.06. The number of halogens is 1. The van der Waals surface area contributed by atoms with Crippen molar-refractivity contribution in [3.8, 4) is 0 Å². The van der Waals surface area contributed by atoms with E-state index in [0.717, 1.165) is 5.39 Å². The van der Waals surface area contributed by atoms with Crippen LogP contribution < -0.4 is 5.73 Å². The van der Waals surface area contributed by atoms with E-state index < -0.39 is 6.09 Å². The van der Waals surface area contributed by atoms with Crippen molar-refractivity contribution in [1.29, 1.82) is 0 Å². The maximum atomic E-state index is 11.7. The Hall–Kier alpha value is -1.68. The maximum absolute atomic E-state index is 11.7. The van der Waals surface area contributed by atoms with Crippen LogP contribution in [0.1, 0.15) is 6.92 Å². The molecule has 0 aliphatic rings. The third-order valence-electron chi connectivity index (χ3n) is 2.30. The summed E-state index contributed by atoms with van der Waals surface area (Å²) in [6, 6.07) is 7.23. The molecule has 0 aliphatic heterocycles. The highest BCUT2D eigenvalue weighted by atomic mass is 35.5. The summed E-state index contributed by atoms with van der Waals surface area (Å²) in [6.07, 6.45) is -0.511. The van der Waals surface area contributed by atoms with Gasteiger partial charge in [0.1, 0.15) is 5.82 Å². The number of rotatable bonds is 1. The van der Waals surface area contributed by atoms with Crippen LogP contribution in [0.3, 0.4) is 0 Å². The zero-order chi connectivity index (χ0) is 11.7. The number of ether oxygens (including phenoxy) is 1. The largest absolute Gasteiger partial charge is 0.449 e. The molecule has 2 rings (SSSR count). The predicted octanol–water partition coefficient (Wildman–Crippen LogP) is 2.88. The van der Waals surface area contributed by atoms with Gasteiger partial charge in [-0.2, -0.15) is 0 Å². The van der Waals surface area contributed by atoms with Gasteiger partial charge in [-0.05, 0) is 13.0 Å². The molecule has 0 saturated heterocycles. The van der Waals surface area contributed by atoms with Crippen molar-refractivity contribution in [2.45, 2.75) is 6.92 Å². The number of para-hydroxylation sites is 1. The summed E-state index contributed by atoms with van der Waals surface area (Å²) < 4.78 is 6.19. The molecule has 16 heavy (non-hydrogen) atoms. The molecule has 0 unspecified atom stereocenters. The van der Waals surface area contributed by atoms with Gasteiger partial charge in [0, 0.05) is 5.39 Å². The first kappa shape index (κ1) is 10.8. The minimum Gasteiger partial charge on any atom is -0.449 e. The summed E-state index contributed by atoms with van der Waals surface area (Å²) in [5.41, 5.74) is 6.43. The molecular formula is C11H11ClN2O2. The summed E-state index contributed by atoms with van der Waals surface area (Å²) in [5, 5.41) is 1.12. The minimum absolute atomic E-state index is 0.210. The number of hydrogen-bond donors (Lipinski definition) is 1. The van der Waals surface area contributed by atoms with Crippen LogP contribution in [-0.4, -0.2) is 17.3 Å². The number of nitrogens with zero attached hydrogens (tertiary/aromatic N) is 1. The van der Waals surface area contributed by atoms with Crippen LogP contribution in [0.25, 0.3) is 10.9 Å². The van der Waals surface area contributed by atoms with Gasteiger partial charge in [0.05, 0.1) is 17.1 Å². The molecule has 4 nitrogen and oxygen atoms in total. The first-order valence-corrected chi connectivity index (χ1v) is 5.26. The number of nitrogen functional groups attached to an aromatic ring is 1. The molecule has 1 aromatic heterocycles. The molecule has 84 valence electrons. The summed E-state index contributed by atoms with van der Waals surface area (Å²) in [4.78, 5) is 11.7. The number of hydrogen-bond acceptors (Lipinski definition) is 3. The van der Waals surface area contributed by atoms with E-state index in [0.29, 0.717) is 17.1 Å². The van der Waals surface area contributed by atoms with Crippen LogP contribution in [0.5, 0.6) is 0 Å². The number of anilines is 1. The topological polar surface area (TPSA) is 57.2 Å². The second-order valence-electron chi connectivity index (χ2n) is 3.25. The van der Waals surface area contributed by atoms with Gasteiger partial charge in [0.2, 0.25) is 0 Å². The lowest BCUT2D eigenvalue weighted by molar-refractivity contribution is 0.155. The number of fused-ring (bicyclic) bond motifs is 1. The quantitative estimate of drug-likeness (QED) is 0.831. The van der Waals surface area contributed by atoms with Crippen molar-refractivity contribution < 1.29 is 9.53 Å². The lowest BCUT2D eigenvalue weighted by Crippen LogP contribution is -2.15. The lowest BCUT2D eigenvalue weighted by Gasteiger charge is -2.05.